The summed E-state index contributed by atoms with van der Waals surface area (Å²) >= 11 is 6.14. The number of carbonyl (C=O) groups is 2. The molecule has 2 aromatic carbocycles. The van der Waals surface area contributed by atoms with Gasteiger partial charge in [0.25, 0.3) is 11.5 Å². The van der Waals surface area contributed by atoms with Gasteiger partial charge in [0, 0.05) is 52.3 Å². The molecule has 1 unspecified atom stereocenters. The van der Waals surface area contributed by atoms with Gasteiger partial charge in [0.2, 0.25) is 5.91 Å². The molecule has 1 aliphatic carbocycles. The van der Waals surface area contributed by atoms with Crippen LogP contribution >= 0.6 is 11.6 Å². The summed E-state index contributed by atoms with van der Waals surface area (Å²) in [6.45, 7) is 0. The second-order valence-corrected chi connectivity index (χ2v) is 9.22. The van der Waals surface area contributed by atoms with Gasteiger partial charge in [-0.05, 0) is 55.3 Å². The molecule has 0 radical (unpaired) electrons. The van der Waals surface area contributed by atoms with Crippen molar-refractivity contribution in [1.82, 2.24) is 14.9 Å². The van der Waals surface area contributed by atoms with Gasteiger partial charge in [-0.25, -0.2) is 0 Å². The van der Waals surface area contributed by atoms with E-state index < -0.39 is 0 Å². The third kappa shape index (κ3) is 4.86. The number of hydrogen-bond acceptors (Lipinski definition) is 3. The predicted molar refractivity (Wildman–Crippen MR) is 137 cm³/mol. The van der Waals surface area contributed by atoms with Gasteiger partial charge in [-0.1, -0.05) is 36.6 Å². The number of H-pyrrole nitrogens is 1. The molecule has 1 fully saturated rings. The van der Waals surface area contributed by atoms with Gasteiger partial charge in [0.15, 0.2) is 0 Å². The van der Waals surface area contributed by atoms with Crippen LogP contribution in [0.15, 0.2) is 77.9 Å². The largest absolute Gasteiger partial charge is 0.360 e. The van der Waals surface area contributed by atoms with Crippen LogP contribution in [0.1, 0.15) is 36.0 Å². The van der Waals surface area contributed by atoms with Crippen LogP contribution in [0.5, 0.6) is 0 Å². The van der Waals surface area contributed by atoms with E-state index in [1.54, 1.807) is 60.9 Å². The second-order valence-electron chi connectivity index (χ2n) is 8.81. The molecule has 7 nitrogen and oxygen atoms in total. The van der Waals surface area contributed by atoms with Crippen molar-refractivity contribution < 1.29 is 9.59 Å². The number of benzene rings is 2. The molecule has 2 atom stereocenters. The predicted octanol–water partition coefficient (Wildman–Crippen LogP) is 4.90. The molecule has 2 heterocycles. The molecule has 5 rings (SSSR count). The van der Waals surface area contributed by atoms with Crippen molar-refractivity contribution in [3.63, 3.8) is 0 Å². The zero-order valence-corrected chi connectivity index (χ0v) is 19.7. The van der Waals surface area contributed by atoms with Gasteiger partial charge < -0.3 is 15.6 Å². The van der Waals surface area contributed by atoms with Crippen LogP contribution in [0.2, 0.25) is 5.02 Å². The van der Waals surface area contributed by atoms with Gasteiger partial charge >= 0.3 is 0 Å². The standard InChI is InChI=1S/C27H25ClN4O3/c28-22-16-29-24-15-17(8-13-20(22)24)26(34)31-23-6-2-1-5-21(23)27(35)30-18-9-11-19(12-10-18)32-14-4-3-7-25(32)33/h3-4,7-16,21,23,29H,1-2,5-6H2,(H,30,35)(H,31,34)/t21?,23-/m1/s1. The number of pyridine rings is 1. The van der Waals surface area contributed by atoms with Crippen LogP contribution in [-0.4, -0.2) is 27.4 Å². The first kappa shape index (κ1) is 22.9. The minimum Gasteiger partial charge on any atom is -0.360 e. The number of fused-ring (bicyclic) bond motifs is 1. The molecule has 3 N–H and O–H groups in total. The lowest BCUT2D eigenvalue weighted by Crippen LogP contribution is -2.46. The molecule has 2 amide bonds. The monoisotopic (exact) mass is 488 g/mol. The first-order chi connectivity index (χ1) is 17.0. The number of aromatic nitrogens is 2. The maximum atomic E-state index is 13.1. The number of anilines is 1. The number of nitrogens with zero attached hydrogens (tertiary/aromatic N) is 1. The van der Waals surface area contributed by atoms with Gasteiger partial charge in [0.05, 0.1) is 10.9 Å². The maximum absolute atomic E-state index is 13.1. The van der Waals surface area contributed by atoms with Gasteiger partial charge in [0.1, 0.15) is 0 Å². The molecule has 8 heteroatoms. The third-order valence-corrected chi connectivity index (χ3v) is 6.86. The van der Waals surface area contributed by atoms with Crippen LogP contribution in [0.25, 0.3) is 16.6 Å². The van der Waals surface area contributed by atoms with Crippen LogP contribution in [0.3, 0.4) is 0 Å². The average molecular weight is 489 g/mol. The van der Waals surface area contributed by atoms with E-state index in [0.717, 1.165) is 35.9 Å². The summed E-state index contributed by atoms with van der Waals surface area (Å²) < 4.78 is 1.54. The quantitative estimate of drug-likeness (QED) is 0.373. The summed E-state index contributed by atoms with van der Waals surface area (Å²) in [7, 11) is 0. The Labute approximate surface area is 207 Å². The maximum Gasteiger partial charge on any atom is 0.255 e. The highest BCUT2D eigenvalue weighted by atomic mass is 35.5. The SMILES string of the molecule is O=C(N[C@@H]1CCCCC1C(=O)Nc1ccc(-n2ccccc2=O)cc1)c1ccc2c(Cl)c[nH]c2c1. The lowest BCUT2D eigenvalue weighted by atomic mass is 9.83. The molecule has 0 bridgehead atoms. The van der Waals surface area contributed by atoms with Gasteiger partial charge in [-0.2, -0.15) is 0 Å². The van der Waals surface area contributed by atoms with Gasteiger partial charge in [-0.15, -0.1) is 0 Å². The molecule has 1 aliphatic rings. The van der Waals surface area contributed by atoms with E-state index in [-0.39, 0.29) is 29.3 Å². The Kier molecular flexibility index (Phi) is 6.42. The first-order valence-electron chi connectivity index (χ1n) is 11.7. The summed E-state index contributed by atoms with van der Waals surface area (Å²) in [5.41, 5.74) is 2.56. The molecule has 35 heavy (non-hydrogen) atoms. The summed E-state index contributed by atoms with van der Waals surface area (Å²) in [5.74, 6) is -0.654. The Hall–Kier alpha value is -3.84. The fraction of sp³-hybridized carbons (Fsp3) is 0.222. The number of amides is 2. The zero-order valence-electron chi connectivity index (χ0n) is 19.0. The van der Waals surface area contributed by atoms with Gasteiger partial charge in [-0.3, -0.25) is 19.0 Å². The molecule has 0 saturated heterocycles. The zero-order chi connectivity index (χ0) is 24.4. The highest BCUT2D eigenvalue weighted by Crippen LogP contribution is 2.27. The Morgan fingerprint density at radius 1 is 1.00 bits per heavy atom. The van der Waals surface area contributed by atoms with Crippen molar-refractivity contribution in [2.45, 2.75) is 31.7 Å². The van der Waals surface area contributed by atoms with Crippen molar-refractivity contribution in [3.05, 3.63) is 94.0 Å². The summed E-state index contributed by atoms with van der Waals surface area (Å²) in [6.07, 6.45) is 6.75. The lowest BCUT2D eigenvalue weighted by molar-refractivity contribution is -0.121. The van der Waals surface area contributed by atoms with E-state index >= 15 is 0 Å². The van der Waals surface area contributed by atoms with Crippen molar-refractivity contribution in [2.24, 2.45) is 5.92 Å². The molecule has 4 aromatic rings. The Morgan fingerprint density at radius 3 is 2.60 bits per heavy atom. The van der Waals surface area contributed by atoms with Crippen LogP contribution in [-0.2, 0) is 4.79 Å². The third-order valence-electron chi connectivity index (χ3n) is 6.55. The van der Waals surface area contributed by atoms with E-state index in [9.17, 15) is 14.4 Å². The Morgan fingerprint density at radius 2 is 1.80 bits per heavy atom. The molecule has 178 valence electrons. The number of carbonyl (C=O) groups excluding carboxylic acids is 2. The van der Waals surface area contributed by atoms with Crippen molar-refractivity contribution in [3.8, 4) is 5.69 Å². The number of hydrogen-bond donors (Lipinski definition) is 3. The highest BCUT2D eigenvalue weighted by Gasteiger charge is 2.32. The summed E-state index contributed by atoms with van der Waals surface area (Å²) in [6, 6.07) is 17.2. The van der Waals surface area contributed by atoms with E-state index in [1.165, 1.54) is 10.6 Å². The minimum atomic E-state index is -0.326. The average Bonchev–Trinajstić information content (AvgIpc) is 3.25. The van der Waals surface area contributed by atoms with Crippen molar-refractivity contribution in [1.29, 1.82) is 0 Å². The van der Waals surface area contributed by atoms with Crippen LogP contribution in [0, 0.1) is 5.92 Å². The molecule has 1 saturated carbocycles. The first-order valence-corrected chi connectivity index (χ1v) is 12.0. The molecule has 2 aromatic heterocycles. The van der Waals surface area contributed by atoms with E-state index in [4.69, 9.17) is 11.6 Å². The Balaban J connectivity index is 1.27. The van der Waals surface area contributed by atoms with Crippen molar-refractivity contribution in [2.75, 3.05) is 5.32 Å². The normalized spacial score (nSPS) is 17.7. The number of aromatic amines is 1. The molecular weight excluding hydrogens is 464 g/mol. The van der Waals surface area contributed by atoms with E-state index in [1.807, 2.05) is 6.07 Å². The molecule has 0 aliphatic heterocycles. The topological polar surface area (TPSA) is 96.0 Å². The second kappa shape index (κ2) is 9.80. The lowest BCUT2D eigenvalue weighted by Gasteiger charge is -2.31. The highest BCUT2D eigenvalue weighted by molar-refractivity contribution is 6.35. The molecular formula is C27H25ClN4O3. The van der Waals surface area contributed by atoms with Crippen molar-refractivity contribution >= 4 is 40.0 Å². The number of nitrogens with one attached hydrogen (secondary N) is 3. The Bertz CT molecular complexity index is 1440. The van der Waals surface area contributed by atoms with E-state index in [2.05, 4.69) is 15.6 Å². The minimum absolute atomic E-state index is 0.119. The molecule has 0 spiro atoms. The number of halogens is 1. The van der Waals surface area contributed by atoms with Crippen LogP contribution < -0.4 is 16.2 Å². The summed E-state index contributed by atoms with van der Waals surface area (Å²) in [4.78, 5) is 41.2. The van der Waals surface area contributed by atoms with Crippen LogP contribution in [0.4, 0.5) is 5.69 Å². The fourth-order valence-corrected chi connectivity index (χ4v) is 4.90. The number of rotatable bonds is 5. The fourth-order valence-electron chi connectivity index (χ4n) is 4.68. The summed E-state index contributed by atoms with van der Waals surface area (Å²) in [5, 5.41) is 7.53. The smallest absolute Gasteiger partial charge is 0.255 e. The van der Waals surface area contributed by atoms with E-state index in [0.29, 0.717) is 22.7 Å².